The average Bonchev–Trinajstić information content (AvgIpc) is 3.64. The van der Waals surface area contributed by atoms with Crippen molar-refractivity contribution in [2.24, 2.45) is 17.8 Å². The van der Waals surface area contributed by atoms with Gasteiger partial charge in [0.2, 0.25) is 5.82 Å². The molecule has 0 aliphatic heterocycles. The lowest BCUT2D eigenvalue weighted by atomic mass is 9.81. The Labute approximate surface area is 190 Å². The summed E-state index contributed by atoms with van der Waals surface area (Å²) in [5.41, 5.74) is -0.0330. The monoisotopic (exact) mass is 461 g/mol. The van der Waals surface area contributed by atoms with E-state index in [0.717, 1.165) is 50.7 Å². The Morgan fingerprint density at radius 2 is 1.61 bits per heavy atom. The number of benzene rings is 1. The Bertz CT molecular complexity index is 974. The van der Waals surface area contributed by atoms with Gasteiger partial charge in [0.15, 0.2) is 11.6 Å². The molecule has 2 fully saturated rings. The van der Waals surface area contributed by atoms with Crippen LogP contribution < -0.4 is 10.6 Å². The molecule has 176 valence electrons. The molecule has 1 aromatic carbocycles. The third-order valence-corrected chi connectivity index (χ3v) is 6.68. The van der Waals surface area contributed by atoms with Crippen molar-refractivity contribution < 1.29 is 17.6 Å². The van der Waals surface area contributed by atoms with Gasteiger partial charge in [-0.1, -0.05) is 12.1 Å². The van der Waals surface area contributed by atoms with E-state index in [1.165, 1.54) is 18.5 Å². The van der Waals surface area contributed by atoms with Crippen molar-refractivity contribution in [3.63, 3.8) is 0 Å². The number of hydrogen-bond donors (Lipinski definition) is 2. The number of rotatable bonds is 8. The van der Waals surface area contributed by atoms with E-state index in [9.17, 15) is 13.2 Å². The van der Waals surface area contributed by atoms with Gasteiger partial charge in [0.1, 0.15) is 6.33 Å². The maximum absolute atomic E-state index is 15.1. The fraction of sp³-hybridized carbons (Fsp3) is 0.542. The van der Waals surface area contributed by atoms with Gasteiger partial charge in [-0.25, -0.2) is 9.97 Å². The molecule has 2 saturated carbocycles. The van der Waals surface area contributed by atoms with Gasteiger partial charge in [-0.15, -0.1) is 0 Å². The summed E-state index contributed by atoms with van der Waals surface area (Å²) in [6.45, 7) is 0.595. The first-order valence-electron chi connectivity index (χ1n) is 11.4. The second kappa shape index (κ2) is 9.94. The minimum Gasteiger partial charge on any atom is -0.367 e. The number of nitrogens with one attached hydrogen (secondary N) is 2. The highest BCUT2D eigenvalue weighted by molar-refractivity contribution is 5.50. The summed E-state index contributed by atoms with van der Waals surface area (Å²) in [6.07, 6.45) is 3.34. The van der Waals surface area contributed by atoms with E-state index in [4.69, 9.17) is 5.26 Å². The molecule has 0 bridgehead atoms. The molecule has 1 unspecified atom stereocenters. The van der Waals surface area contributed by atoms with Crippen LogP contribution in [0.5, 0.6) is 0 Å². The second-order valence-corrected chi connectivity index (χ2v) is 9.09. The van der Waals surface area contributed by atoms with E-state index in [-0.39, 0.29) is 23.6 Å². The second-order valence-electron chi connectivity index (χ2n) is 9.09. The molecule has 0 radical (unpaired) electrons. The maximum Gasteiger partial charge on any atom is 0.416 e. The molecule has 0 saturated heterocycles. The molecular formula is C24H27F4N5. The van der Waals surface area contributed by atoms with Crippen molar-refractivity contribution >= 4 is 11.6 Å². The van der Waals surface area contributed by atoms with Gasteiger partial charge in [-0.2, -0.15) is 22.8 Å². The van der Waals surface area contributed by atoms with Crippen LogP contribution in [0.3, 0.4) is 0 Å². The van der Waals surface area contributed by atoms with Gasteiger partial charge >= 0.3 is 6.18 Å². The molecule has 2 aromatic rings. The minimum atomic E-state index is -4.39. The van der Waals surface area contributed by atoms with Crippen LogP contribution >= 0.6 is 0 Å². The number of nitriles is 1. The van der Waals surface area contributed by atoms with Gasteiger partial charge in [0, 0.05) is 13.0 Å². The molecule has 4 rings (SSSR count). The summed E-state index contributed by atoms with van der Waals surface area (Å²) in [5, 5.41) is 15.0. The maximum atomic E-state index is 15.1. The third-order valence-electron chi connectivity index (χ3n) is 6.68. The summed E-state index contributed by atoms with van der Waals surface area (Å²) < 4.78 is 53.8. The molecule has 1 heterocycles. The van der Waals surface area contributed by atoms with Crippen LogP contribution in [0.15, 0.2) is 30.6 Å². The smallest absolute Gasteiger partial charge is 0.367 e. The van der Waals surface area contributed by atoms with Crippen LogP contribution in [0, 0.1) is 34.9 Å². The van der Waals surface area contributed by atoms with Crippen molar-refractivity contribution in [2.45, 2.75) is 57.2 Å². The van der Waals surface area contributed by atoms with Crippen LogP contribution in [0.4, 0.5) is 29.2 Å². The van der Waals surface area contributed by atoms with Crippen LogP contribution in [0.1, 0.15) is 62.1 Å². The van der Waals surface area contributed by atoms with E-state index in [0.29, 0.717) is 30.4 Å². The number of nitrogens with zero attached hydrogens (tertiary/aromatic N) is 3. The fourth-order valence-electron chi connectivity index (χ4n) is 4.53. The highest BCUT2D eigenvalue weighted by Gasteiger charge is 2.35. The molecular weight excluding hydrogens is 434 g/mol. The Balaban J connectivity index is 1.41. The minimum absolute atomic E-state index is 0.0435. The van der Waals surface area contributed by atoms with Gasteiger partial charge in [0.25, 0.3) is 0 Å². The summed E-state index contributed by atoms with van der Waals surface area (Å²) in [4.78, 5) is 8.09. The number of hydrogen-bond acceptors (Lipinski definition) is 5. The lowest BCUT2D eigenvalue weighted by Gasteiger charge is -2.27. The standard InChI is InChI=1S/C24H27F4N5/c25-20-22(30-13-16-3-1-15(2-4-16)11-12-29)31-14-32-23(20)33-21(17-5-6-17)18-7-9-19(10-8-18)24(26,27)28/h7-10,14-17,21H,1-6,11,13H2,(H2,30,31,32,33). The summed E-state index contributed by atoms with van der Waals surface area (Å²) >= 11 is 0. The molecule has 5 nitrogen and oxygen atoms in total. The van der Waals surface area contributed by atoms with Gasteiger partial charge in [-0.05, 0) is 74.0 Å². The van der Waals surface area contributed by atoms with Crippen molar-refractivity contribution in [1.29, 1.82) is 5.26 Å². The van der Waals surface area contributed by atoms with Crippen LogP contribution in [-0.2, 0) is 6.18 Å². The highest BCUT2D eigenvalue weighted by Crippen LogP contribution is 2.43. The van der Waals surface area contributed by atoms with E-state index in [2.05, 4.69) is 26.7 Å². The topological polar surface area (TPSA) is 73.6 Å². The van der Waals surface area contributed by atoms with Gasteiger partial charge in [0.05, 0.1) is 17.7 Å². The summed E-state index contributed by atoms with van der Waals surface area (Å²) in [7, 11) is 0. The predicted octanol–water partition coefficient (Wildman–Crippen LogP) is 6.33. The number of alkyl halides is 3. The molecule has 2 aliphatic carbocycles. The van der Waals surface area contributed by atoms with Crippen molar-refractivity contribution in [3.8, 4) is 6.07 Å². The number of anilines is 2. The zero-order valence-electron chi connectivity index (χ0n) is 18.2. The van der Waals surface area contributed by atoms with E-state index < -0.39 is 17.6 Å². The summed E-state index contributed by atoms with van der Waals surface area (Å²) in [6, 6.07) is 6.92. The molecule has 2 N–H and O–H groups in total. The molecule has 33 heavy (non-hydrogen) atoms. The number of halogens is 4. The first-order valence-corrected chi connectivity index (χ1v) is 11.4. The Morgan fingerprint density at radius 3 is 2.21 bits per heavy atom. The quantitative estimate of drug-likeness (QED) is 0.450. The average molecular weight is 462 g/mol. The van der Waals surface area contributed by atoms with Gasteiger partial charge < -0.3 is 10.6 Å². The van der Waals surface area contributed by atoms with E-state index >= 15 is 4.39 Å². The largest absolute Gasteiger partial charge is 0.416 e. The molecule has 1 aromatic heterocycles. The molecule has 9 heteroatoms. The first-order chi connectivity index (χ1) is 15.8. The highest BCUT2D eigenvalue weighted by atomic mass is 19.4. The van der Waals surface area contributed by atoms with E-state index in [1.807, 2.05) is 0 Å². The van der Waals surface area contributed by atoms with Crippen LogP contribution in [0.2, 0.25) is 0 Å². The predicted molar refractivity (Wildman–Crippen MR) is 117 cm³/mol. The third kappa shape index (κ3) is 5.92. The molecule has 1 atom stereocenters. The first kappa shape index (κ1) is 23.3. The SMILES string of the molecule is N#CCC1CCC(CNc2ncnc(NC(c3ccc(C(F)(F)F)cc3)C3CC3)c2F)CC1. The number of aromatic nitrogens is 2. The van der Waals surface area contributed by atoms with E-state index in [1.54, 1.807) is 0 Å². The Kier molecular flexibility index (Phi) is 7.01. The summed E-state index contributed by atoms with van der Waals surface area (Å²) in [5.74, 6) is 0.652. The molecule has 2 aliphatic rings. The van der Waals surface area contributed by atoms with Crippen LogP contribution in [0.25, 0.3) is 0 Å². The van der Waals surface area contributed by atoms with Crippen molar-refractivity contribution in [2.75, 3.05) is 17.2 Å². The lowest BCUT2D eigenvalue weighted by Crippen LogP contribution is -2.22. The van der Waals surface area contributed by atoms with Crippen LogP contribution in [-0.4, -0.2) is 16.5 Å². The Morgan fingerprint density at radius 1 is 0.970 bits per heavy atom. The molecule has 0 amide bonds. The zero-order chi connectivity index (χ0) is 23.4. The normalized spacial score (nSPS) is 21.8. The fourth-order valence-corrected chi connectivity index (χ4v) is 4.53. The van der Waals surface area contributed by atoms with Crippen molar-refractivity contribution in [3.05, 3.63) is 47.5 Å². The van der Waals surface area contributed by atoms with Gasteiger partial charge in [-0.3, -0.25) is 0 Å². The van der Waals surface area contributed by atoms with Crippen molar-refractivity contribution in [1.82, 2.24) is 9.97 Å². The Hall–Kier alpha value is -2.89. The molecule has 0 spiro atoms. The zero-order valence-corrected chi connectivity index (χ0v) is 18.2. The lowest BCUT2D eigenvalue weighted by molar-refractivity contribution is -0.137.